The number of thiazole rings is 1. The van der Waals surface area contributed by atoms with Crippen molar-refractivity contribution in [2.75, 3.05) is 5.32 Å². The van der Waals surface area contributed by atoms with Crippen LogP contribution in [0.15, 0.2) is 34.3 Å². The molecule has 6 heteroatoms. The van der Waals surface area contributed by atoms with Crippen LogP contribution in [0.5, 0.6) is 0 Å². The lowest BCUT2D eigenvalue weighted by Gasteiger charge is -1.94. The van der Waals surface area contributed by atoms with E-state index in [1.807, 2.05) is 0 Å². The van der Waals surface area contributed by atoms with Gasteiger partial charge >= 0.3 is 0 Å². The Hall–Kier alpha value is -2.21. The van der Waals surface area contributed by atoms with Gasteiger partial charge in [0.2, 0.25) is 5.91 Å². The van der Waals surface area contributed by atoms with Gasteiger partial charge in [-0.25, -0.2) is 4.98 Å². The molecule has 0 spiro atoms. The van der Waals surface area contributed by atoms with E-state index in [-0.39, 0.29) is 11.7 Å². The molecule has 1 amide bonds. The van der Waals surface area contributed by atoms with E-state index >= 15 is 0 Å². The highest BCUT2D eigenvalue weighted by atomic mass is 32.1. The lowest BCUT2D eigenvalue weighted by molar-refractivity contribution is -0.111. The van der Waals surface area contributed by atoms with Crippen LogP contribution in [-0.4, -0.2) is 16.7 Å². The van der Waals surface area contributed by atoms with Gasteiger partial charge in [-0.3, -0.25) is 14.9 Å². The number of Topliss-reactive ketones (excluding diaryl/α,β-unsaturated/α-hetero) is 1. The fraction of sp³-hybridized carbons (Fsp3) is 0.0833. The maximum absolute atomic E-state index is 11.5. The maximum Gasteiger partial charge on any atom is 0.250 e. The number of furan rings is 1. The number of hydrogen-bond donors (Lipinski definition) is 1. The Morgan fingerprint density at radius 1 is 1.50 bits per heavy atom. The van der Waals surface area contributed by atoms with Gasteiger partial charge in [0.05, 0.1) is 6.26 Å². The fourth-order valence-corrected chi connectivity index (χ4v) is 1.94. The SMILES string of the molecule is CC(=O)c1csc(NC(=O)/C=C/c2ccco2)n1. The molecule has 0 bridgehead atoms. The molecule has 0 atom stereocenters. The number of carbonyl (C=O) groups excluding carboxylic acids is 2. The average Bonchev–Trinajstić information content (AvgIpc) is 2.96. The zero-order valence-electron chi connectivity index (χ0n) is 9.54. The van der Waals surface area contributed by atoms with Gasteiger partial charge in [-0.05, 0) is 18.2 Å². The van der Waals surface area contributed by atoms with Gasteiger partial charge in [-0.2, -0.15) is 0 Å². The van der Waals surface area contributed by atoms with Crippen LogP contribution >= 0.6 is 11.3 Å². The third-order valence-corrected chi connectivity index (χ3v) is 2.79. The molecule has 0 fully saturated rings. The molecule has 18 heavy (non-hydrogen) atoms. The average molecular weight is 262 g/mol. The molecule has 2 aromatic heterocycles. The summed E-state index contributed by atoms with van der Waals surface area (Å²) < 4.78 is 5.05. The summed E-state index contributed by atoms with van der Waals surface area (Å²) in [6.45, 7) is 1.43. The molecule has 1 N–H and O–H groups in total. The molecule has 92 valence electrons. The number of ketones is 1. The summed E-state index contributed by atoms with van der Waals surface area (Å²) in [5.74, 6) is 0.141. The second kappa shape index (κ2) is 5.42. The molecule has 0 saturated carbocycles. The standard InChI is InChI=1S/C12H10N2O3S/c1-8(15)10-7-18-12(13-10)14-11(16)5-4-9-3-2-6-17-9/h2-7H,1H3,(H,13,14,16)/b5-4+. The van der Waals surface area contributed by atoms with Crippen molar-refractivity contribution in [3.05, 3.63) is 41.3 Å². The lowest BCUT2D eigenvalue weighted by atomic mass is 10.4. The molecule has 0 aromatic carbocycles. The molecular formula is C12H10N2O3S. The third kappa shape index (κ3) is 3.14. The molecule has 0 aliphatic heterocycles. The van der Waals surface area contributed by atoms with Crippen LogP contribution in [0.2, 0.25) is 0 Å². The minimum Gasteiger partial charge on any atom is -0.465 e. The number of nitrogens with one attached hydrogen (secondary N) is 1. The number of amides is 1. The summed E-state index contributed by atoms with van der Waals surface area (Å²) in [5, 5.41) is 4.57. The van der Waals surface area contributed by atoms with E-state index in [2.05, 4.69) is 10.3 Å². The number of nitrogens with zero attached hydrogens (tertiary/aromatic N) is 1. The summed E-state index contributed by atoms with van der Waals surface area (Å²) in [7, 11) is 0. The van der Waals surface area contributed by atoms with E-state index < -0.39 is 0 Å². The van der Waals surface area contributed by atoms with Gasteiger partial charge in [0.25, 0.3) is 0 Å². The number of carbonyl (C=O) groups is 2. The minimum absolute atomic E-state index is 0.127. The highest BCUT2D eigenvalue weighted by molar-refractivity contribution is 7.14. The van der Waals surface area contributed by atoms with E-state index in [9.17, 15) is 9.59 Å². The molecule has 0 aliphatic rings. The molecule has 2 heterocycles. The smallest absolute Gasteiger partial charge is 0.250 e. The summed E-state index contributed by atoms with van der Waals surface area (Å²) >= 11 is 1.21. The van der Waals surface area contributed by atoms with Crippen LogP contribution in [0.25, 0.3) is 6.08 Å². The summed E-state index contributed by atoms with van der Waals surface area (Å²) in [4.78, 5) is 26.5. The Kier molecular flexibility index (Phi) is 3.69. The normalized spacial score (nSPS) is 10.7. The predicted octanol–water partition coefficient (Wildman–Crippen LogP) is 2.59. The Morgan fingerprint density at radius 3 is 2.94 bits per heavy atom. The first kappa shape index (κ1) is 12.3. The van der Waals surface area contributed by atoms with Crippen molar-refractivity contribution in [2.45, 2.75) is 6.92 Å². The van der Waals surface area contributed by atoms with E-state index in [1.165, 1.54) is 30.6 Å². The quantitative estimate of drug-likeness (QED) is 0.679. The van der Waals surface area contributed by atoms with Gasteiger partial charge in [-0.1, -0.05) is 0 Å². The van der Waals surface area contributed by atoms with Crippen molar-refractivity contribution in [1.82, 2.24) is 4.98 Å². The largest absolute Gasteiger partial charge is 0.465 e. The second-order valence-electron chi connectivity index (χ2n) is 3.43. The zero-order chi connectivity index (χ0) is 13.0. The summed E-state index contributed by atoms with van der Waals surface area (Å²) in [6.07, 6.45) is 4.42. The summed E-state index contributed by atoms with van der Waals surface area (Å²) in [6, 6.07) is 3.47. The first-order valence-electron chi connectivity index (χ1n) is 5.14. The summed E-state index contributed by atoms with van der Waals surface area (Å²) in [5.41, 5.74) is 0.352. The fourth-order valence-electron chi connectivity index (χ4n) is 1.18. The molecule has 0 saturated heterocycles. The minimum atomic E-state index is -0.323. The topological polar surface area (TPSA) is 72.2 Å². The van der Waals surface area contributed by atoms with Crippen molar-refractivity contribution < 1.29 is 14.0 Å². The number of hydrogen-bond acceptors (Lipinski definition) is 5. The highest BCUT2D eigenvalue weighted by Gasteiger charge is 2.07. The lowest BCUT2D eigenvalue weighted by Crippen LogP contribution is -2.07. The third-order valence-electron chi connectivity index (χ3n) is 2.04. The van der Waals surface area contributed by atoms with Crippen molar-refractivity contribution >= 4 is 34.2 Å². The Balaban J connectivity index is 1.96. The van der Waals surface area contributed by atoms with Crippen LogP contribution in [-0.2, 0) is 4.79 Å². The zero-order valence-corrected chi connectivity index (χ0v) is 10.4. The van der Waals surface area contributed by atoms with Gasteiger partial charge in [0.15, 0.2) is 10.9 Å². The van der Waals surface area contributed by atoms with E-state index in [4.69, 9.17) is 4.42 Å². The van der Waals surface area contributed by atoms with Crippen LogP contribution in [0.4, 0.5) is 5.13 Å². The number of aromatic nitrogens is 1. The number of rotatable bonds is 4. The monoisotopic (exact) mass is 262 g/mol. The van der Waals surface area contributed by atoms with E-state index in [1.54, 1.807) is 23.6 Å². The molecular weight excluding hydrogens is 252 g/mol. The first-order chi connectivity index (χ1) is 8.65. The van der Waals surface area contributed by atoms with Crippen LogP contribution in [0.3, 0.4) is 0 Å². The molecule has 2 rings (SSSR count). The Morgan fingerprint density at radius 2 is 2.33 bits per heavy atom. The molecule has 0 unspecified atom stereocenters. The van der Waals surface area contributed by atoms with Crippen molar-refractivity contribution in [1.29, 1.82) is 0 Å². The number of anilines is 1. The van der Waals surface area contributed by atoms with Crippen molar-refractivity contribution in [2.24, 2.45) is 0 Å². The van der Waals surface area contributed by atoms with Gasteiger partial charge in [0.1, 0.15) is 11.5 Å². The molecule has 0 radical (unpaired) electrons. The Bertz CT molecular complexity index is 584. The van der Waals surface area contributed by atoms with Crippen molar-refractivity contribution in [3.8, 4) is 0 Å². The van der Waals surface area contributed by atoms with E-state index in [0.29, 0.717) is 16.6 Å². The second-order valence-corrected chi connectivity index (χ2v) is 4.29. The highest BCUT2D eigenvalue weighted by Crippen LogP contribution is 2.15. The molecule has 2 aromatic rings. The predicted molar refractivity (Wildman–Crippen MR) is 68.5 cm³/mol. The van der Waals surface area contributed by atoms with Crippen LogP contribution in [0.1, 0.15) is 23.2 Å². The van der Waals surface area contributed by atoms with Gasteiger partial charge in [-0.15, -0.1) is 11.3 Å². The maximum atomic E-state index is 11.5. The van der Waals surface area contributed by atoms with Crippen molar-refractivity contribution in [3.63, 3.8) is 0 Å². The van der Waals surface area contributed by atoms with Crippen LogP contribution in [0, 0.1) is 0 Å². The van der Waals surface area contributed by atoms with E-state index in [0.717, 1.165) is 0 Å². The Labute approximate surface area is 107 Å². The van der Waals surface area contributed by atoms with Gasteiger partial charge < -0.3 is 4.42 Å². The molecule has 0 aliphatic carbocycles. The molecule has 5 nitrogen and oxygen atoms in total. The van der Waals surface area contributed by atoms with Gasteiger partial charge in [0, 0.05) is 18.4 Å². The van der Waals surface area contributed by atoms with Crippen LogP contribution < -0.4 is 5.32 Å². The first-order valence-corrected chi connectivity index (χ1v) is 6.02.